The summed E-state index contributed by atoms with van der Waals surface area (Å²) in [7, 11) is 4.23. The van der Waals surface area contributed by atoms with Crippen LogP contribution in [0, 0.1) is 0 Å². The third-order valence-electron chi connectivity index (χ3n) is 5.88. The van der Waals surface area contributed by atoms with E-state index in [2.05, 4.69) is 37.4 Å². The van der Waals surface area contributed by atoms with Crippen molar-refractivity contribution in [3.05, 3.63) is 29.6 Å². The first kappa shape index (κ1) is 21.0. The number of nitrogens with zero attached hydrogens (tertiary/aromatic N) is 5. The second-order valence-electron chi connectivity index (χ2n) is 7.98. The molecule has 0 unspecified atom stereocenters. The minimum absolute atomic E-state index is 0.0550. The normalized spacial score (nSPS) is 19.9. The lowest BCUT2D eigenvalue weighted by atomic mass is 9.90. The van der Waals surface area contributed by atoms with Crippen LogP contribution in [-0.2, 0) is 24.1 Å². The summed E-state index contributed by atoms with van der Waals surface area (Å²) in [4.78, 5) is 19.9. The Bertz CT molecular complexity index is 679. The maximum absolute atomic E-state index is 13.2. The van der Waals surface area contributed by atoms with E-state index in [0.29, 0.717) is 44.6 Å². The number of carbonyl (C=O) groups is 1. The summed E-state index contributed by atoms with van der Waals surface area (Å²) >= 11 is 0. The molecule has 3 rings (SSSR count). The fourth-order valence-electron chi connectivity index (χ4n) is 4.27. The molecule has 1 amide bonds. The monoisotopic (exact) mass is 389 g/mol. The highest BCUT2D eigenvalue weighted by Gasteiger charge is 2.33. The molecule has 0 radical (unpaired) electrons. The van der Waals surface area contributed by atoms with Crippen molar-refractivity contribution in [2.75, 3.05) is 60.0 Å². The number of allylic oxidation sites excluding steroid dienone is 1. The molecule has 0 spiro atoms. The molecular weight excluding hydrogens is 354 g/mol. The zero-order chi connectivity index (χ0) is 20.1. The van der Waals surface area contributed by atoms with Gasteiger partial charge in [0.15, 0.2) is 5.69 Å². The van der Waals surface area contributed by atoms with E-state index in [0.717, 1.165) is 44.5 Å². The number of ether oxygens (including phenoxy) is 1. The van der Waals surface area contributed by atoms with Crippen LogP contribution in [0.5, 0.6) is 0 Å². The number of fused-ring (bicyclic) bond motifs is 1. The Balaban J connectivity index is 1.83. The summed E-state index contributed by atoms with van der Waals surface area (Å²) in [5.74, 6) is 0.0550. The van der Waals surface area contributed by atoms with E-state index in [-0.39, 0.29) is 5.91 Å². The average Bonchev–Trinajstić information content (AvgIpc) is 3.06. The van der Waals surface area contributed by atoms with Crippen LogP contribution >= 0.6 is 0 Å². The van der Waals surface area contributed by atoms with Crippen molar-refractivity contribution < 1.29 is 9.53 Å². The molecule has 28 heavy (non-hydrogen) atoms. The first-order chi connectivity index (χ1) is 13.5. The van der Waals surface area contributed by atoms with Crippen LogP contribution in [0.15, 0.2) is 12.7 Å². The van der Waals surface area contributed by atoms with Crippen molar-refractivity contribution in [1.29, 1.82) is 0 Å². The number of amides is 1. The van der Waals surface area contributed by atoms with Gasteiger partial charge in [0.25, 0.3) is 5.91 Å². The Hall–Kier alpha value is -1.70. The molecule has 2 heterocycles. The Morgan fingerprint density at radius 3 is 2.71 bits per heavy atom. The summed E-state index contributed by atoms with van der Waals surface area (Å²) in [5.41, 5.74) is 3.02. The first-order valence-corrected chi connectivity index (χ1v) is 10.5. The minimum atomic E-state index is 0.0550. The predicted molar refractivity (Wildman–Crippen MR) is 111 cm³/mol. The lowest BCUT2D eigenvalue weighted by molar-refractivity contribution is 0.0297. The maximum atomic E-state index is 13.2. The summed E-state index contributed by atoms with van der Waals surface area (Å²) in [6.07, 6.45) is 4.84. The van der Waals surface area contributed by atoms with Crippen LogP contribution in [0.1, 0.15) is 35.1 Å². The molecule has 1 aromatic heterocycles. The van der Waals surface area contributed by atoms with Crippen molar-refractivity contribution >= 4 is 5.91 Å². The van der Waals surface area contributed by atoms with Gasteiger partial charge in [0, 0.05) is 43.5 Å². The molecule has 0 aromatic carbocycles. The van der Waals surface area contributed by atoms with Gasteiger partial charge in [0.1, 0.15) is 0 Å². The molecule has 1 fully saturated rings. The first-order valence-electron chi connectivity index (χ1n) is 10.5. The molecule has 2 aliphatic rings. The van der Waals surface area contributed by atoms with Crippen LogP contribution in [0.2, 0.25) is 0 Å². The lowest BCUT2D eigenvalue weighted by Gasteiger charge is -2.34. The van der Waals surface area contributed by atoms with E-state index in [4.69, 9.17) is 9.84 Å². The third kappa shape index (κ3) is 4.64. The molecule has 1 aliphatic heterocycles. The van der Waals surface area contributed by atoms with Gasteiger partial charge < -0.3 is 14.5 Å². The maximum Gasteiger partial charge on any atom is 0.274 e. The van der Waals surface area contributed by atoms with Crippen LogP contribution in [0.25, 0.3) is 0 Å². The Labute approximate surface area is 168 Å². The number of hydrogen-bond acceptors (Lipinski definition) is 5. The van der Waals surface area contributed by atoms with Gasteiger partial charge >= 0.3 is 0 Å². The van der Waals surface area contributed by atoms with E-state index >= 15 is 0 Å². The Morgan fingerprint density at radius 2 is 2.07 bits per heavy atom. The Morgan fingerprint density at radius 1 is 1.32 bits per heavy atom. The van der Waals surface area contributed by atoms with Crippen molar-refractivity contribution in [1.82, 2.24) is 24.5 Å². The molecule has 1 aliphatic carbocycles. The standard InChI is InChI=1S/C21H35N5O2/c1-5-9-26-19-8-7-17(24(6-2)11-10-23(3)4)16-18(19)20(22-26)21(27)25-12-14-28-15-13-25/h5,17H,1,6-16H2,2-4H3/t17-/m1/s1. The van der Waals surface area contributed by atoms with E-state index in [1.165, 1.54) is 5.69 Å². The number of hydrogen-bond donors (Lipinski definition) is 0. The largest absolute Gasteiger partial charge is 0.378 e. The van der Waals surface area contributed by atoms with E-state index in [9.17, 15) is 4.79 Å². The quantitative estimate of drug-likeness (QED) is 0.627. The zero-order valence-corrected chi connectivity index (χ0v) is 17.7. The number of morpholine rings is 1. The van der Waals surface area contributed by atoms with E-state index in [1.807, 2.05) is 15.7 Å². The van der Waals surface area contributed by atoms with Gasteiger partial charge in [-0.25, -0.2) is 0 Å². The number of carbonyl (C=O) groups excluding carboxylic acids is 1. The number of likely N-dealkylation sites (N-methyl/N-ethyl adjacent to an activating group) is 2. The van der Waals surface area contributed by atoms with Crippen molar-refractivity contribution in [2.45, 2.75) is 38.8 Å². The predicted octanol–water partition coefficient (Wildman–Crippen LogP) is 1.28. The molecule has 1 atom stereocenters. The molecule has 7 nitrogen and oxygen atoms in total. The van der Waals surface area contributed by atoms with Crippen molar-refractivity contribution in [3.63, 3.8) is 0 Å². The van der Waals surface area contributed by atoms with Gasteiger partial charge in [-0.1, -0.05) is 13.0 Å². The second kappa shape index (κ2) is 9.67. The van der Waals surface area contributed by atoms with Crippen LogP contribution in [-0.4, -0.2) is 96.5 Å². The van der Waals surface area contributed by atoms with Crippen LogP contribution < -0.4 is 0 Å². The van der Waals surface area contributed by atoms with Gasteiger partial charge in [-0.15, -0.1) is 6.58 Å². The van der Waals surface area contributed by atoms with Gasteiger partial charge in [-0.05, 0) is 39.9 Å². The summed E-state index contributed by atoms with van der Waals surface area (Å²) in [5, 5.41) is 4.74. The summed E-state index contributed by atoms with van der Waals surface area (Å²) in [6.45, 7) is 12.4. The second-order valence-corrected chi connectivity index (χ2v) is 7.98. The SMILES string of the molecule is C=CCn1nc(C(=O)N2CCOCC2)c2c1CC[C@@H](N(CC)CCN(C)C)C2. The van der Waals surface area contributed by atoms with Gasteiger partial charge in [0.05, 0.1) is 19.8 Å². The molecule has 0 N–H and O–H groups in total. The molecule has 7 heteroatoms. The van der Waals surface area contributed by atoms with Gasteiger partial charge in [0.2, 0.25) is 0 Å². The van der Waals surface area contributed by atoms with E-state index in [1.54, 1.807) is 0 Å². The molecule has 0 bridgehead atoms. The summed E-state index contributed by atoms with van der Waals surface area (Å²) in [6, 6.07) is 0.468. The highest BCUT2D eigenvalue weighted by molar-refractivity contribution is 5.94. The fourth-order valence-corrected chi connectivity index (χ4v) is 4.27. The van der Waals surface area contributed by atoms with Crippen LogP contribution in [0.4, 0.5) is 0 Å². The third-order valence-corrected chi connectivity index (χ3v) is 5.88. The molecule has 156 valence electrons. The molecule has 1 saturated heterocycles. The molecular formula is C21H35N5O2. The van der Waals surface area contributed by atoms with Crippen LogP contribution in [0.3, 0.4) is 0 Å². The zero-order valence-electron chi connectivity index (χ0n) is 17.7. The molecule has 1 aromatic rings. The topological polar surface area (TPSA) is 53.8 Å². The van der Waals surface area contributed by atoms with Crippen molar-refractivity contribution in [3.8, 4) is 0 Å². The van der Waals surface area contributed by atoms with Gasteiger partial charge in [-0.3, -0.25) is 14.4 Å². The smallest absolute Gasteiger partial charge is 0.274 e. The summed E-state index contributed by atoms with van der Waals surface area (Å²) < 4.78 is 7.40. The van der Waals surface area contributed by atoms with Gasteiger partial charge in [-0.2, -0.15) is 5.10 Å². The Kier molecular flexibility index (Phi) is 7.26. The lowest BCUT2D eigenvalue weighted by Crippen LogP contribution is -2.44. The minimum Gasteiger partial charge on any atom is -0.378 e. The molecule has 0 saturated carbocycles. The number of aromatic nitrogens is 2. The highest BCUT2D eigenvalue weighted by atomic mass is 16.5. The fraction of sp³-hybridized carbons (Fsp3) is 0.714. The van der Waals surface area contributed by atoms with E-state index < -0.39 is 0 Å². The van der Waals surface area contributed by atoms with Crippen molar-refractivity contribution in [2.24, 2.45) is 0 Å². The average molecular weight is 390 g/mol. The number of rotatable bonds is 8. The highest BCUT2D eigenvalue weighted by Crippen LogP contribution is 2.28.